The predicted molar refractivity (Wildman–Crippen MR) is 85.1 cm³/mol. The van der Waals surface area contributed by atoms with Crippen LogP contribution in [0.25, 0.3) is 0 Å². The van der Waals surface area contributed by atoms with Gasteiger partial charge in [-0.1, -0.05) is 30.3 Å². The van der Waals surface area contributed by atoms with Crippen molar-refractivity contribution in [3.63, 3.8) is 0 Å². The molecule has 4 nitrogen and oxygen atoms in total. The third kappa shape index (κ3) is 2.56. The molecular weight excluding hydrogens is 276 g/mol. The van der Waals surface area contributed by atoms with E-state index < -0.39 is 0 Å². The molecule has 4 heteroatoms. The van der Waals surface area contributed by atoms with Gasteiger partial charge in [-0.2, -0.15) is 0 Å². The molecule has 1 aromatic carbocycles. The average Bonchev–Trinajstić information content (AvgIpc) is 2.86. The first kappa shape index (κ1) is 14.6. The molecule has 3 rings (SSSR count). The number of aryl methyl sites for hydroxylation is 1. The first-order valence-electron chi connectivity index (χ1n) is 7.68. The summed E-state index contributed by atoms with van der Waals surface area (Å²) in [4.78, 5) is 27.7. The molecule has 0 bridgehead atoms. The maximum absolute atomic E-state index is 12.5. The fourth-order valence-electron chi connectivity index (χ4n) is 3.10. The Morgan fingerprint density at radius 2 is 1.95 bits per heavy atom. The minimum atomic E-state index is -0.156. The molecule has 1 aromatic heterocycles. The summed E-state index contributed by atoms with van der Waals surface area (Å²) < 4.78 is 0. The highest BCUT2D eigenvalue weighted by Gasteiger charge is 2.26. The van der Waals surface area contributed by atoms with Crippen molar-refractivity contribution in [3.05, 3.63) is 58.4 Å². The number of amides is 1. The topological polar surface area (TPSA) is 62.0 Å². The largest absolute Gasteiger partial charge is 0.354 e. The second-order valence-electron chi connectivity index (χ2n) is 5.86. The second kappa shape index (κ2) is 5.79. The zero-order chi connectivity index (χ0) is 15.7. The van der Waals surface area contributed by atoms with Crippen LogP contribution in [0.2, 0.25) is 0 Å². The molecule has 1 heterocycles. The van der Waals surface area contributed by atoms with E-state index in [1.165, 1.54) is 0 Å². The van der Waals surface area contributed by atoms with Crippen LogP contribution >= 0.6 is 0 Å². The number of Topliss-reactive ketones (excluding diaryl/α,β-unsaturated/α-hetero) is 1. The number of aromatic amines is 1. The monoisotopic (exact) mass is 296 g/mol. The highest BCUT2D eigenvalue weighted by molar-refractivity contribution is 6.04. The van der Waals surface area contributed by atoms with Gasteiger partial charge in [0.05, 0.1) is 6.04 Å². The molecule has 1 unspecified atom stereocenters. The zero-order valence-electron chi connectivity index (χ0n) is 12.9. The summed E-state index contributed by atoms with van der Waals surface area (Å²) >= 11 is 0. The van der Waals surface area contributed by atoms with Crippen molar-refractivity contribution in [3.8, 4) is 0 Å². The Hall–Kier alpha value is -2.36. The van der Waals surface area contributed by atoms with E-state index in [1.54, 1.807) is 0 Å². The van der Waals surface area contributed by atoms with Crippen LogP contribution < -0.4 is 5.32 Å². The van der Waals surface area contributed by atoms with Gasteiger partial charge in [-0.25, -0.2) is 0 Å². The first-order chi connectivity index (χ1) is 10.6. The minimum absolute atomic E-state index is 0.0795. The molecule has 0 radical (unpaired) electrons. The van der Waals surface area contributed by atoms with Crippen molar-refractivity contribution in [1.82, 2.24) is 10.3 Å². The molecule has 1 aliphatic rings. The Bertz CT molecular complexity index is 716. The number of rotatable bonds is 3. The number of H-pyrrole nitrogens is 1. The summed E-state index contributed by atoms with van der Waals surface area (Å²) in [6.45, 7) is 3.80. The van der Waals surface area contributed by atoms with Crippen LogP contribution in [-0.2, 0) is 6.42 Å². The second-order valence-corrected chi connectivity index (χ2v) is 5.86. The summed E-state index contributed by atoms with van der Waals surface area (Å²) in [6, 6.07) is 9.75. The molecule has 2 aromatic rings. The molecule has 0 fully saturated rings. The van der Waals surface area contributed by atoms with Crippen molar-refractivity contribution in [2.75, 3.05) is 0 Å². The van der Waals surface area contributed by atoms with Gasteiger partial charge in [0.2, 0.25) is 0 Å². The third-order valence-corrected chi connectivity index (χ3v) is 4.31. The van der Waals surface area contributed by atoms with Gasteiger partial charge in [0.15, 0.2) is 5.78 Å². The average molecular weight is 296 g/mol. The zero-order valence-corrected chi connectivity index (χ0v) is 12.9. The highest BCUT2D eigenvalue weighted by atomic mass is 16.2. The summed E-state index contributed by atoms with van der Waals surface area (Å²) in [7, 11) is 0. The lowest BCUT2D eigenvalue weighted by Gasteiger charge is -2.14. The molecule has 1 amide bonds. The summed E-state index contributed by atoms with van der Waals surface area (Å²) in [5.74, 6) is -0.0128. The number of benzene rings is 1. The molecule has 0 saturated carbocycles. The van der Waals surface area contributed by atoms with Gasteiger partial charge in [-0.3, -0.25) is 9.59 Å². The van der Waals surface area contributed by atoms with E-state index in [4.69, 9.17) is 0 Å². The number of aromatic nitrogens is 1. The van der Waals surface area contributed by atoms with Gasteiger partial charge in [0.1, 0.15) is 5.69 Å². The molecule has 0 spiro atoms. The highest BCUT2D eigenvalue weighted by Crippen LogP contribution is 2.26. The van der Waals surface area contributed by atoms with Gasteiger partial charge in [-0.05, 0) is 37.8 Å². The van der Waals surface area contributed by atoms with Crippen molar-refractivity contribution in [2.24, 2.45) is 0 Å². The van der Waals surface area contributed by atoms with Gasteiger partial charge in [0, 0.05) is 17.7 Å². The number of fused-ring (bicyclic) bond motifs is 1. The number of hydrogen-bond donors (Lipinski definition) is 2. The number of carbonyl (C=O) groups excluding carboxylic acids is 2. The molecule has 1 atom stereocenters. The van der Waals surface area contributed by atoms with E-state index in [-0.39, 0.29) is 17.7 Å². The van der Waals surface area contributed by atoms with E-state index in [0.29, 0.717) is 12.1 Å². The smallest absolute Gasteiger partial charge is 0.268 e. The molecule has 0 saturated heterocycles. The van der Waals surface area contributed by atoms with Crippen LogP contribution in [0, 0.1) is 6.92 Å². The number of ketones is 1. The van der Waals surface area contributed by atoms with E-state index in [2.05, 4.69) is 10.3 Å². The number of nitrogens with one attached hydrogen (secondary N) is 2. The standard InChI is InChI=1S/C18H20N2O2/c1-11-16-14(9-6-10-15(16)21)20-17(11)18(22)19-12(2)13-7-4-3-5-8-13/h3-5,7-8,12,20H,6,9-10H2,1-2H3,(H,19,22). The fourth-order valence-corrected chi connectivity index (χ4v) is 3.10. The normalized spacial score (nSPS) is 15.3. The van der Waals surface area contributed by atoms with E-state index in [0.717, 1.165) is 35.2 Å². The lowest BCUT2D eigenvalue weighted by atomic mass is 9.94. The number of carbonyl (C=O) groups is 2. The van der Waals surface area contributed by atoms with Gasteiger partial charge in [-0.15, -0.1) is 0 Å². The van der Waals surface area contributed by atoms with E-state index in [1.807, 2.05) is 44.2 Å². The lowest BCUT2D eigenvalue weighted by Crippen LogP contribution is -2.27. The van der Waals surface area contributed by atoms with Crippen LogP contribution in [0.1, 0.15) is 63.5 Å². The third-order valence-electron chi connectivity index (χ3n) is 4.31. The molecule has 2 N–H and O–H groups in total. The Morgan fingerprint density at radius 3 is 2.64 bits per heavy atom. The maximum Gasteiger partial charge on any atom is 0.268 e. The molecular formula is C18H20N2O2. The summed E-state index contributed by atoms with van der Waals surface area (Å²) in [6.07, 6.45) is 2.27. The summed E-state index contributed by atoms with van der Waals surface area (Å²) in [5.41, 5.74) is 3.98. The van der Waals surface area contributed by atoms with Crippen LogP contribution in [-0.4, -0.2) is 16.7 Å². The fraction of sp³-hybridized carbons (Fsp3) is 0.333. The molecule has 114 valence electrons. The van der Waals surface area contributed by atoms with Crippen LogP contribution in [0.3, 0.4) is 0 Å². The van der Waals surface area contributed by atoms with Crippen LogP contribution in [0.5, 0.6) is 0 Å². The van der Waals surface area contributed by atoms with Gasteiger partial charge in [0.25, 0.3) is 5.91 Å². The molecule has 1 aliphatic carbocycles. The quantitative estimate of drug-likeness (QED) is 0.912. The minimum Gasteiger partial charge on any atom is -0.354 e. The van der Waals surface area contributed by atoms with Crippen molar-refractivity contribution in [1.29, 1.82) is 0 Å². The Balaban J connectivity index is 1.83. The first-order valence-corrected chi connectivity index (χ1v) is 7.68. The van der Waals surface area contributed by atoms with Crippen molar-refractivity contribution in [2.45, 2.75) is 39.2 Å². The lowest BCUT2D eigenvalue weighted by molar-refractivity contribution is 0.0934. The molecule has 22 heavy (non-hydrogen) atoms. The maximum atomic E-state index is 12.5. The van der Waals surface area contributed by atoms with Crippen molar-refractivity contribution < 1.29 is 9.59 Å². The van der Waals surface area contributed by atoms with Gasteiger partial charge >= 0.3 is 0 Å². The molecule has 0 aliphatic heterocycles. The van der Waals surface area contributed by atoms with Crippen LogP contribution in [0.4, 0.5) is 0 Å². The van der Waals surface area contributed by atoms with Crippen LogP contribution in [0.15, 0.2) is 30.3 Å². The Labute approximate surface area is 129 Å². The van der Waals surface area contributed by atoms with Crippen molar-refractivity contribution >= 4 is 11.7 Å². The number of hydrogen-bond acceptors (Lipinski definition) is 2. The summed E-state index contributed by atoms with van der Waals surface area (Å²) in [5, 5.41) is 3.00. The SMILES string of the molecule is Cc1c(C(=O)NC(C)c2ccccc2)[nH]c2c1C(=O)CCC2. The van der Waals surface area contributed by atoms with E-state index in [9.17, 15) is 9.59 Å². The Morgan fingerprint density at radius 1 is 1.23 bits per heavy atom. The van der Waals surface area contributed by atoms with E-state index >= 15 is 0 Å². The van der Waals surface area contributed by atoms with Gasteiger partial charge < -0.3 is 10.3 Å². The Kier molecular flexibility index (Phi) is 3.84. The predicted octanol–water partition coefficient (Wildman–Crippen LogP) is 3.33.